The van der Waals surface area contributed by atoms with Crippen molar-refractivity contribution in [3.05, 3.63) is 65.6 Å². The molecule has 0 spiro atoms. The molecule has 1 atom stereocenters. The van der Waals surface area contributed by atoms with Gasteiger partial charge in [0.05, 0.1) is 31.1 Å². The van der Waals surface area contributed by atoms with Crippen molar-refractivity contribution >= 4 is 11.7 Å². The van der Waals surface area contributed by atoms with E-state index in [1.807, 2.05) is 66.9 Å². The Kier molecular flexibility index (Phi) is 4.88. The number of nitrogens with zero attached hydrogens (tertiary/aromatic N) is 2. The van der Waals surface area contributed by atoms with Gasteiger partial charge in [-0.05, 0) is 32.0 Å². The molecule has 1 aromatic carbocycles. The molecule has 0 radical (unpaired) electrons. The first-order valence-electron chi connectivity index (χ1n) is 8.20. The summed E-state index contributed by atoms with van der Waals surface area (Å²) in [5.41, 5.74) is 3.69. The number of para-hydroxylation sites is 1. The Morgan fingerprint density at radius 1 is 1.24 bits per heavy atom. The molecule has 0 aliphatic carbocycles. The van der Waals surface area contributed by atoms with E-state index in [0.29, 0.717) is 6.54 Å². The Morgan fingerprint density at radius 2 is 2.00 bits per heavy atom. The summed E-state index contributed by atoms with van der Waals surface area (Å²) in [6.45, 7) is 4.28. The monoisotopic (exact) mass is 338 g/mol. The maximum Gasteiger partial charge on any atom is 0.315 e. The number of pyridine rings is 1. The second-order valence-electron chi connectivity index (χ2n) is 5.86. The van der Waals surface area contributed by atoms with Gasteiger partial charge in [-0.2, -0.15) is 0 Å². The number of nitrogens with one attached hydrogen (secondary N) is 2. The molecule has 0 saturated carbocycles. The van der Waals surface area contributed by atoms with Crippen molar-refractivity contribution in [2.24, 2.45) is 0 Å². The summed E-state index contributed by atoms with van der Waals surface area (Å²) in [6, 6.07) is 13.1. The molecule has 25 heavy (non-hydrogen) atoms. The van der Waals surface area contributed by atoms with E-state index >= 15 is 0 Å². The van der Waals surface area contributed by atoms with E-state index in [1.54, 1.807) is 7.11 Å². The van der Waals surface area contributed by atoms with Crippen LogP contribution in [0.4, 0.5) is 4.79 Å². The number of methoxy groups -OCH3 is 1. The van der Waals surface area contributed by atoms with Gasteiger partial charge < -0.3 is 19.8 Å². The van der Waals surface area contributed by atoms with Crippen molar-refractivity contribution < 1.29 is 9.53 Å². The number of rotatable bonds is 5. The number of hydrogen-bond donors (Lipinski definition) is 2. The Balaban J connectivity index is 1.65. The molecule has 0 bridgehead atoms. The van der Waals surface area contributed by atoms with Gasteiger partial charge in [0.15, 0.2) is 0 Å². The zero-order valence-corrected chi connectivity index (χ0v) is 14.6. The maximum atomic E-state index is 12.3. The third kappa shape index (κ3) is 3.57. The van der Waals surface area contributed by atoms with Gasteiger partial charge in [-0.15, -0.1) is 0 Å². The molecule has 2 amide bonds. The van der Waals surface area contributed by atoms with Gasteiger partial charge in [0.2, 0.25) is 0 Å². The third-order valence-corrected chi connectivity index (χ3v) is 4.20. The highest BCUT2D eigenvalue weighted by molar-refractivity contribution is 5.74. The SMILES string of the molecule is COc1ccccc1[C@@H](C)NC(=O)NCc1c(C)nc2ccccn12. The first-order chi connectivity index (χ1) is 12.1. The van der Waals surface area contributed by atoms with E-state index in [1.165, 1.54) is 0 Å². The number of carbonyl (C=O) groups excluding carboxylic acids is 1. The summed E-state index contributed by atoms with van der Waals surface area (Å²) in [4.78, 5) is 16.8. The third-order valence-electron chi connectivity index (χ3n) is 4.20. The molecular formula is C19H22N4O2. The number of carbonyl (C=O) groups is 1. The average Bonchev–Trinajstić information content (AvgIpc) is 2.95. The van der Waals surface area contributed by atoms with E-state index in [4.69, 9.17) is 4.74 Å². The number of benzene rings is 1. The number of amides is 2. The standard InChI is InChI=1S/C19H22N4O2/c1-13(15-8-4-5-9-17(15)25-3)22-19(24)20-12-16-14(2)21-18-10-6-7-11-23(16)18/h4-11,13H,12H2,1-3H3,(H2,20,22,24)/t13-/m1/s1. The lowest BCUT2D eigenvalue weighted by atomic mass is 10.1. The maximum absolute atomic E-state index is 12.3. The number of aryl methyl sites for hydroxylation is 1. The highest BCUT2D eigenvalue weighted by Crippen LogP contribution is 2.24. The lowest BCUT2D eigenvalue weighted by Gasteiger charge is -2.17. The van der Waals surface area contributed by atoms with Crippen LogP contribution in [-0.4, -0.2) is 22.5 Å². The quantitative estimate of drug-likeness (QED) is 0.751. The lowest BCUT2D eigenvalue weighted by Crippen LogP contribution is -2.37. The van der Waals surface area contributed by atoms with Crippen molar-refractivity contribution in [3.63, 3.8) is 0 Å². The Morgan fingerprint density at radius 3 is 2.80 bits per heavy atom. The molecule has 0 unspecified atom stereocenters. The summed E-state index contributed by atoms with van der Waals surface area (Å²) >= 11 is 0. The van der Waals surface area contributed by atoms with Crippen molar-refractivity contribution in [2.45, 2.75) is 26.4 Å². The number of fused-ring (bicyclic) bond motifs is 1. The highest BCUT2D eigenvalue weighted by Gasteiger charge is 2.14. The van der Waals surface area contributed by atoms with E-state index in [2.05, 4.69) is 15.6 Å². The molecule has 0 aliphatic rings. The molecule has 6 heteroatoms. The second-order valence-corrected chi connectivity index (χ2v) is 5.86. The van der Waals surface area contributed by atoms with Crippen LogP contribution in [0.2, 0.25) is 0 Å². The zero-order valence-electron chi connectivity index (χ0n) is 14.6. The van der Waals surface area contributed by atoms with Crippen LogP contribution >= 0.6 is 0 Å². The molecule has 6 nitrogen and oxygen atoms in total. The summed E-state index contributed by atoms with van der Waals surface area (Å²) in [7, 11) is 1.62. The van der Waals surface area contributed by atoms with Crippen molar-refractivity contribution in [1.29, 1.82) is 0 Å². The normalized spacial score (nSPS) is 12.0. The van der Waals surface area contributed by atoms with Crippen LogP contribution in [0.5, 0.6) is 5.75 Å². The number of ether oxygens (including phenoxy) is 1. The van der Waals surface area contributed by atoms with E-state index < -0.39 is 0 Å². The van der Waals surface area contributed by atoms with Crippen LogP contribution in [0.15, 0.2) is 48.7 Å². The van der Waals surface area contributed by atoms with Crippen LogP contribution in [0.1, 0.15) is 29.9 Å². The summed E-state index contributed by atoms with van der Waals surface area (Å²) in [6.07, 6.45) is 1.95. The minimum Gasteiger partial charge on any atom is -0.496 e. The highest BCUT2D eigenvalue weighted by atomic mass is 16.5. The van der Waals surface area contributed by atoms with E-state index in [0.717, 1.165) is 28.3 Å². The summed E-state index contributed by atoms with van der Waals surface area (Å²) in [5.74, 6) is 0.757. The molecule has 2 heterocycles. The fourth-order valence-corrected chi connectivity index (χ4v) is 2.89. The van der Waals surface area contributed by atoms with Gasteiger partial charge in [0.1, 0.15) is 11.4 Å². The smallest absolute Gasteiger partial charge is 0.315 e. The molecule has 2 aromatic heterocycles. The van der Waals surface area contributed by atoms with Gasteiger partial charge in [-0.25, -0.2) is 9.78 Å². The predicted octanol–water partition coefficient (Wildman–Crippen LogP) is 3.21. The lowest BCUT2D eigenvalue weighted by molar-refractivity contribution is 0.237. The fraction of sp³-hybridized carbons (Fsp3) is 0.263. The van der Waals surface area contributed by atoms with Crippen LogP contribution in [0, 0.1) is 6.92 Å². The van der Waals surface area contributed by atoms with Gasteiger partial charge in [0.25, 0.3) is 0 Å². The molecule has 130 valence electrons. The molecule has 0 saturated heterocycles. The van der Waals surface area contributed by atoms with E-state index in [9.17, 15) is 4.79 Å². The average molecular weight is 338 g/mol. The predicted molar refractivity (Wildman–Crippen MR) is 96.7 cm³/mol. The zero-order chi connectivity index (χ0) is 17.8. The molecule has 0 aliphatic heterocycles. The summed E-state index contributed by atoms with van der Waals surface area (Å²) in [5, 5.41) is 5.85. The van der Waals surface area contributed by atoms with Crippen LogP contribution < -0.4 is 15.4 Å². The number of urea groups is 1. The first-order valence-corrected chi connectivity index (χ1v) is 8.20. The minimum atomic E-state index is -0.233. The van der Waals surface area contributed by atoms with Crippen molar-refractivity contribution in [3.8, 4) is 5.75 Å². The minimum absolute atomic E-state index is 0.167. The molecule has 3 aromatic rings. The van der Waals surface area contributed by atoms with Gasteiger partial charge >= 0.3 is 6.03 Å². The number of aromatic nitrogens is 2. The first kappa shape index (κ1) is 16.8. The van der Waals surface area contributed by atoms with Gasteiger partial charge in [-0.1, -0.05) is 24.3 Å². The van der Waals surface area contributed by atoms with Crippen molar-refractivity contribution in [1.82, 2.24) is 20.0 Å². The Bertz CT molecular complexity index is 888. The topological polar surface area (TPSA) is 67.7 Å². The van der Waals surface area contributed by atoms with Crippen LogP contribution in [0.25, 0.3) is 5.65 Å². The Labute approximate surface area is 146 Å². The number of hydrogen-bond acceptors (Lipinski definition) is 3. The molecule has 0 fully saturated rings. The molecular weight excluding hydrogens is 316 g/mol. The fourth-order valence-electron chi connectivity index (χ4n) is 2.89. The van der Waals surface area contributed by atoms with Crippen LogP contribution in [-0.2, 0) is 6.54 Å². The van der Waals surface area contributed by atoms with Gasteiger partial charge in [0, 0.05) is 11.8 Å². The van der Waals surface area contributed by atoms with Crippen molar-refractivity contribution in [2.75, 3.05) is 7.11 Å². The Hall–Kier alpha value is -3.02. The van der Waals surface area contributed by atoms with Crippen LogP contribution in [0.3, 0.4) is 0 Å². The number of imidazole rings is 1. The van der Waals surface area contributed by atoms with Gasteiger partial charge in [-0.3, -0.25) is 0 Å². The molecule has 2 N–H and O–H groups in total. The largest absolute Gasteiger partial charge is 0.496 e. The van der Waals surface area contributed by atoms with E-state index in [-0.39, 0.29) is 12.1 Å². The summed E-state index contributed by atoms with van der Waals surface area (Å²) < 4.78 is 7.33. The molecule has 3 rings (SSSR count). The second kappa shape index (κ2) is 7.25.